The van der Waals surface area contributed by atoms with E-state index >= 15 is 0 Å². The molecule has 0 heterocycles. The van der Waals surface area contributed by atoms with Crippen LogP contribution >= 0.6 is 0 Å². The van der Waals surface area contributed by atoms with Crippen LogP contribution < -0.4 is 10.1 Å². The van der Waals surface area contributed by atoms with E-state index in [1.165, 1.54) is 5.56 Å². The first-order chi connectivity index (χ1) is 13.7. The number of nitrogens with zero attached hydrogens (tertiary/aromatic N) is 1. The lowest BCUT2D eigenvalue weighted by molar-refractivity contribution is -0.123. The topological polar surface area (TPSA) is 62.1 Å². The molecule has 3 aromatic carbocycles. The van der Waals surface area contributed by atoms with Gasteiger partial charge in [-0.15, -0.1) is 0 Å². The van der Waals surface area contributed by atoms with Crippen LogP contribution in [0.5, 0.6) is 5.75 Å². The van der Waals surface area contributed by atoms with Crippen LogP contribution in [0.1, 0.15) is 17.5 Å². The molecule has 4 nitrogen and oxygen atoms in total. The fourth-order valence-electron chi connectivity index (χ4n) is 2.85. The first-order valence-electron chi connectivity index (χ1n) is 9.28. The van der Waals surface area contributed by atoms with Crippen molar-refractivity contribution in [3.8, 4) is 22.9 Å². The summed E-state index contributed by atoms with van der Waals surface area (Å²) in [6, 6.07) is 27.3. The van der Waals surface area contributed by atoms with Crippen LogP contribution in [-0.4, -0.2) is 19.1 Å². The van der Waals surface area contributed by atoms with Gasteiger partial charge in [0.05, 0.1) is 11.6 Å². The number of carbonyl (C=O) groups excluding carboxylic acids is 1. The number of nitrogens with one attached hydrogen (secondary N) is 1. The number of benzene rings is 3. The maximum Gasteiger partial charge on any atom is 0.257 e. The van der Waals surface area contributed by atoms with E-state index in [2.05, 4.69) is 23.5 Å². The minimum atomic E-state index is -0.121. The normalized spacial score (nSPS) is 10.1. The molecule has 4 heteroatoms. The van der Waals surface area contributed by atoms with E-state index in [-0.39, 0.29) is 12.5 Å². The number of aryl methyl sites for hydroxylation is 1. The summed E-state index contributed by atoms with van der Waals surface area (Å²) < 4.78 is 5.56. The average Bonchev–Trinajstić information content (AvgIpc) is 2.76. The van der Waals surface area contributed by atoms with E-state index in [0.29, 0.717) is 17.9 Å². The molecule has 0 unspecified atom stereocenters. The first-order valence-corrected chi connectivity index (χ1v) is 9.28. The van der Waals surface area contributed by atoms with Crippen molar-refractivity contribution in [2.75, 3.05) is 13.2 Å². The highest BCUT2D eigenvalue weighted by molar-refractivity contribution is 5.77. The maximum atomic E-state index is 11.9. The van der Waals surface area contributed by atoms with Gasteiger partial charge in [-0.25, -0.2) is 0 Å². The maximum absolute atomic E-state index is 11.9. The number of hydrogen-bond donors (Lipinski definition) is 1. The van der Waals surface area contributed by atoms with Crippen LogP contribution in [0.4, 0.5) is 0 Å². The van der Waals surface area contributed by atoms with E-state index in [4.69, 9.17) is 10.00 Å². The molecule has 0 aliphatic carbocycles. The quantitative estimate of drug-likeness (QED) is 0.600. The van der Waals surface area contributed by atoms with E-state index < -0.39 is 0 Å². The van der Waals surface area contributed by atoms with Crippen LogP contribution in [0.2, 0.25) is 0 Å². The van der Waals surface area contributed by atoms with Crippen molar-refractivity contribution >= 4 is 5.91 Å². The Hall–Kier alpha value is -3.58. The minimum absolute atomic E-state index is 0.00154. The molecule has 0 radical (unpaired) electrons. The smallest absolute Gasteiger partial charge is 0.257 e. The number of rotatable bonds is 8. The van der Waals surface area contributed by atoms with Gasteiger partial charge in [0.2, 0.25) is 0 Å². The lowest BCUT2D eigenvalue weighted by Crippen LogP contribution is -2.29. The Balaban J connectivity index is 1.40. The van der Waals surface area contributed by atoms with Crippen LogP contribution in [0, 0.1) is 11.3 Å². The Morgan fingerprint density at radius 3 is 2.18 bits per heavy atom. The Kier molecular flexibility index (Phi) is 6.81. The van der Waals surface area contributed by atoms with Gasteiger partial charge in [-0.3, -0.25) is 4.79 Å². The van der Waals surface area contributed by atoms with Crippen molar-refractivity contribution in [1.29, 1.82) is 5.26 Å². The molecule has 0 aliphatic rings. The van der Waals surface area contributed by atoms with E-state index in [9.17, 15) is 4.79 Å². The zero-order valence-electron chi connectivity index (χ0n) is 15.6. The van der Waals surface area contributed by atoms with Gasteiger partial charge >= 0.3 is 0 Å². The van der Waals surface area contributed by atoms with Gasteiger partial charge in [-0.05, 0) is 53.8 Å². The van der Waals surface area contributed by atoms with Crippen molar-refractivity contribution in [2.24, 2.45) is 0 Å². The summed E-state index contributed by atoms with van der Waals surface area (Å²) in [5.41, 5.74) is 3.97. The largest absolute Gasteiger partial charge is 0.484 e. The predicted molar refractivity (Wildman–Crippen MR) is 110 cm³/mol. The molecule has 0 atom stereocenters. The lowest BCUT2D eigenvalue weighted by Gasteiger charge is -2.08. The fourth-order valence-corrected chi connectivity index (χ4v) is 2.85. The Morgan fingerprint density at radius 1 is 0.893 bits per heavy atom. The summed E-state index contributed by atoms with van der Waals surface area (Å²) in [4.78, 5) is 11.9. The summed E-state index contributed by atoms with van der Waals surface area (Å²) >= 11 is 0. The Labute approximate surface area is 165 Å². The standard InChI is InChI=1S/C24H22N2O2/c25-17-20-8-10-21(11-9-20)22-12-14-23(15-13-22)28-18-24(27)26-16-4-7-19-5-2-1-3-6-19/h1-3,5-6,8-15H,4,7,16,18H2,(H,26,27). The molecule has 0 spiro atoms. The second kappa shape index (κ2) is 9.94. The van der Waals surface area contributed by atoms with Gasteiger partial charge in [-0.1, -0.05) is 54.6 Å². The molecule has 3 aromatic rings. The Bertz CT molecular complexity index is 927. The highest BCUT2D eigenvalue weighted by atomic mass is 16.5. The molecule has 140 valence electrons. The SMILES string of the molecule is N#Cc1ccc(-c2ccc(OCC(=O)NCCCc3ccccc3)cc2)cc1. The van der Waals surface area contributed by atoms with Gasteiger partial charge < -0.3 is 10.1 Å². The minimum Gasteiger partial charge on any atom is -0.484 e. The van der Waals surface area contributed by atoms with Crippen molar-refractivity contribution in [3.05, 3.63) is 90.0 Å². The molecule has 1 N–H and O–H groups in total. The van der Waals surface area contributed by atoms with Crippen molar-refractivity contribution in [2.45, 2.75) is 12.8 Å². The summed E-state index contributed by atoms with van der Waals surface area (Å²) in [6.07, 6.45) is 1.84. The summed E-state index contributed by atoms with van der Waals surface area (Å²) in [5, 5.41) is 11.7. The van der Waals surface area contributed by atoms with Gasteiger partial charge in [0, 0.05) is 6.54 Å². The number of amides is 1. The molecule has 0 saturated heterocycles. The van der Waals surface area contributed by atoms with Crippen LogP contribution in [0.3, 0.4) is 0 Å². The molecular formula is C24H22N2O2. The van der Waals surface area contributed by atoms with Gasteiger partial charge in [0.15, 0.2) is 6.61 Å². The molecule has 0 aliphatic heterocycles. The van der Waals surface area contributed by atoms with Crippen LogP contribution in [-0.2, 0) is 11.2 Å². The van der Waals surface area contributed by atoms with Crippen molar-refractivity contribution in [3.63, 3.8) is 0 Å². The van der Waals surface area contributed by atoms with Gasteiger partial charge in [0.1, 0.15) is 5.75 Å². The third-order valence-electron chi connectivity index (χ3n) is 4.38. The highest BCUT2D eigenvalue weighted by Crippen LogP contribution is 2.22. The third kappa shape index (κ3) is 5.72. The van der Waals surface area contributed by atoms with Gasteiger partial charge in [0.25, 0.3) is 5.91 Å². The summed E-state index contributed by atoms with van der Waals surface area (Å²) in [6.45, 7) is 0.635. The van der Waals surface area contributed by atoms with Gasteiger partial charge in [-0.2, -0.15) is 5.26 Å². The number of ether oxygens (including phenoxy) is 1. The molecule has 28 heavy (non-hydrogen) atoms. The number of hydrogen-bond acceptors (Lipinski definition) is 3. The average molecular weight is 370 g/mol. The van der Waals surface area contributed by atoms with E-state index in [0.717, 1.165) is 24.0 Å². The molecular weight excluding hydrogens is 348 g/mol. The molecule has 0 fully saturated rings. The third-order valence-corrected chi connectivity index (χ3v) is 4.38. The highest BCUT2D eigenvalue weighted by Gasteiger charge is 2.04. The van der Waals surface area contributed by atoms with Crippen LogP contribution in [0.25, 0.3) is 11.1 Å². The summed E-state index contributed by atoms with van der Waals surface area (Å²) in [7, 11) is 0. The second-order valence-electron chi connectivity index (χ2n) is 6.44. The summed E-state index contributed by atoms with van der Waals surface area (Å²) in [5.74, 6) is 0.529. The van der Waals surface area contributed by atoms with E-state index in [1.807, 2.05) is 54.6 Å². The first kappa shape index (κ1) is 19.2. The lowest BCUT2D eigenvalue weighted by atomic mass is 10.0. The molecule has 3 rings (SSSR count). The van der Waals surface area contributed by atoms with Crippen molar-refractivity contribution < 1.29 is 9.53 Å². The molecule has 0 saturated carbocycles. The zero-order chi connectivity index (χ0) is 19.6. The van der Waals surface area contributed by atoms with Crippen LogP contribution in [0.15, 0.2) is 78.9 Å². The van der Waals surface area contributed by atoms with E-state index in [1.54, 1.807) is 12.1 Å². The molecule has 0 aromatic heterocycles. The number of nitriles is 1. The fraction of sp³-hybridized carbons (Fsp3) is 0.167. The monoisotopic (exact) mass is 370 g/mol. The zero-order valence-corrected chi connectivity index (χ0v) is 15.6. The molecule has 0 bridgehead atoms. The molecule has 1 amide bonds. The predicted octanol–water partition coefficient (Wildman–Crippen LogP) is 4.35. The Morgan fingerprint density at radius 2 is 1.54 bits per heavy atom. The second-order valence-corrected chi connectivity index (χ2v) is 6.44. The van der Waals surface area contributed by atoms with Crippen molar-refractivity contribution in [1.82, 2.24) is 5.32 Å². The number of carbonyl (C=O) groups is 1.